The van der Waals surface area contributed by atoms with Crippen LogP contribution in [0.5, 0.6) is 0 Å². The van der Waals surface area contributed by atoms with Crippen molar-refractivity contribution in [1.29, 1.82) is 0 Å². The second-order valence-electron chi connectivity index (χ2n) is 12.1. The average molecular weight is 617 g/mol. The Kier molecular flexibility index (Phi) is 7.95. The molecule has 6 rings (SSSR count). The SMILES string of the molecule is CC(C)(NC(=O)Cc1cccc2ccccc12)c1ccc(CNC(=O)c2ccc3c(c2)C(=O)N(C2CCC(=O)NC2=O)C3=O)cc1. The van der Waals surface area contributed by atoms with Crippen LogP contribution in [0.4, 0.5) is 0 Å². The Hall–Kier alpha value is -5.64. The predicted octanol–water partition coefficient (Wildman–Crippen LogP) is 3.77. The van der Waals surface area contributed by atoms with Gasteiger partial charge in [0, 0.05) is 18.5 Å². The molecule has 46 heavy (non-hydrogen) atoms. The molecule has 3 N–H and O–H groups in total. The van der Waals surface area contributed by atoms with Gasteiger partial charge in [-0.2, -0.15) is 0 Å². The highest BCUT2D eigenvalue weighted by atomic mass is 16.2. The molecule has 0 radical (unpaired) electrons. The quantitative estimate of drug-likeness (QED) is 0.258. The van der Waals surface area contributed by atoms with Crippen molar-refractivity contribution >= 4 is 46.2 Å². The standard InChI is InChI=1S/C36H32N4O6/c1-36(2,39-31(42)19-23-8-5-7-22-6-3-4-9-26(22)23)25-13-10-21(11-14-25)20-37-32(43)24-12-15-27-28(18-24)35(46)40(34(27)45)29-16-17-30(41)38-33(29)44/h3-15,18,29H,16-17,19-20H2,1-2H3,(H,37,43)(H,39,42)(H,38,41,44). The summed E-state index contributed by atoms with van der Waals surface area (Å²) >= 11 is 0. The molecule has 2 aliphatic rings. The van der Waals surface area contributed by atoms with Gasteiger partial charge in [0.05, 0.1) is 23.1 Å². The predicted molar refractivity (Wildman–Crippen MR) is 170 cm³/mol. The number of hydrogen-bond donors (Lipinski definition) is 3. The summed E-state index contributed by atoms with van der Waals surface area (Å²) in [6.45, 7) is 4.08. The van der Waals surface area contributed by atoms with Crippen molar-refractivity contribution in [2.24, 2.45) is 0 Å². The summed E-state index contributed by atoms with van der Waals surface area (Å²) in [4.78, 5) is 76.7. The van der Waals surface area contributed by atoms with Gasteiger partial charge in [-0.1, -0.05) is 66.7 Å². The van der Waals surface area contributed by atoms with Crippen molar-refractivity contribution in [3.8, 4) is 0 Å². The third-order valence-electron chi connectivity index (χ3n) is 8.51. The first-order valence-electron chi connectivity index (χ1n) is 15.0. The molecule has 4 aromatic carbocycles. The van der Waals surface area contributed by atoms with Crippen LogP contribution >= 0.6 is 0 Å². The van der Waals surface area contributed by atoms with Gasteiger partial charge in [0.25, 0.3) is 17.7 Å². The van der Waals surface area contributed by atoms with Gasteiger partial charge < -0.3 is 10.6 Å². The lowest BCUT2D eigenvalue weighted by Gasteiger charge is -2.27. The van der Waals surface area contributed by atoms with Crippen LogP contribution in [0.2, 0.25) is 0 Å². The first-order chi connectivity index (χ1) is 22.0. The van der Waals surface area contributed by atoms with E-state index >= 15 is 0 Å². The largest absolute Gasteiger partial charge is 0.348 e. The zero-order valence-corrected chi connectivity index (χ0v) is 25.4. The minimum absolute atomic E-state index is 0.0243. The van der Waals surface area contributed by atoms with E-state index < -0.39 is 41.1 Å². The fourth-order valence-electron chi connectivity index (χ4n) is 6.02. The summed E-state index contributed by atoms with van der Waals surface area (Å²) in [7, 11) is 0. The third-order valence-corrected chi connectivity index (χ3v) is 8.51. The van der Waals surface area contributed by atoms with Gasteiger partial charge in [-0.3, -0.25) is 39.0 Å². The Labute approximate surface area is 265 Å². The number of nitrogens with zero attached hydrogens (tertiary/aromatic N) is 1. The van der Waals surface area contributed by atoms with Crippen LogP contribution in [0.3, 0.4) is 0 Å². The number of nitrogens with one attached hydrogen (secondary N) is 3. The monoisotopic (exact) mass is 616 g/mol. The smallest absolute Gasteiger partial charge is 0.262 e. The van der Waals surface area contributed by atoms with Crippen molar-refractivity contribution in [3.63, 3.8) is 0 Å². The molecule has 0 aliphatic carbocycles. The molecule has 0 bridgehead atoms. The highest BCUT2D eigenvalue weighted by Gasteiger charge is 2.44. The van der Waals surface area contributed by atoms with E-state index in [9.17, 15) is 28.8 Å². The fourth-order valence-corrected chi connectivity index (χ4v) is 6.02. The molecular weight excluding hydrogens is 584 g/mol. The topological polar surface area (TPSA) is 142 Å². The van der Waals surface area contributed by atoms with Gasteiger partial charge in [-0.05, 0) is 65.9 Å². The Bertz CT molecular complexity index is 1930. The summed E-state index contributed by atoms with van der Waals surface area (Å²) in [5.74, 6) is -2.98. The van der Waals surface area contributed by atoms with Crippen LogP contribution in [-0.4, -0.2) is 46.4 Å². The zero-order chi connectivity index (χ0) is 32.6. The van der Waals surface area contributed by atoms with E-state index in [1.54, 1.807) is 0 Å². The number of hydrogen-bond acceptors (Lipinski definition) is 6. The molecule has 1 unspecified atom stereocenters. The number of rotatable bonds is 8. The third kappa shape index (κ3) is 5.89. The highest BCUT2D eigenvalue weighted by molar-refractivity contribution is 6.24. The minimum Gasteiger partial charge on any atom is -0.348 e. The molecule has 0 saturated carbocycles. The second kappa shape index (κ2) is 12.0. The van der Waals surface area contributed by atoms with Gasteiger partial charge >= 0.3 is 0 Å². The summed E-state index contributed by atoms with van der Waals surface area (Å²) in [6, 6.07) is 24.6. The van der Waals surface area contributed by atoms with Crippen LogP contribution < -0.4 is 16.0 Å². The van der Waals surface area contributed by atoms with Gasteiger partial charge in [0.15, 0.2) is 0 Å². The first-order valence-corrected chi connectivity index (χ1v) is 15.0. The molecule has 2 aliphatic heterocycles. The molecule has 4 aromatic rings. The number of carbonyl (C=O) groups is 6. The summed E-state index contributed by atoms with van der Waals surface area (Å²) in [5, 5.41) is 10.3. The van der Waals surface area contributed by atoms with Crippen molar-refractivity contribution in [2.45, 2.75) is 51.2 Å². The summed E-state index contributed by atoms with van der Waals surface area (Å²) < 4.78 is 0. The number of fused-ring (bicyclic) bond motifs is 2. The van der Waals surface area contributed by atoms with E-state index in [2.05, 4.69) is 16.0 Å². The van der Waals surface area contributed by atoms with Gasteiger partial charge in [0.2, 0.25) is 17.7 Å². The maximum atomic E-state index is 13.1. The molecule has 10 heteroatoms. The molecule has 0 spiro atoms. The molecule has 10 nitrogen and oxygen atoms in total. The molecule has 1 saturated heterocycles. The molecule has 0 aromatic heterocycles. The number of benzene rings is 4. The summed E-state index contributed by atoms with van der Waals surface area (Å²) in [5.41, 5.74) is 2.38. The Morgan fingerprint density at radius 1 is 0.870 bits per heavy atom. The van der Waals surface area contributed by atoms with Crippen LogP contribution in [0.1, 0.15) is 74.5 Å². The molecule has 1 atom stereocenters. The van der Waals surface area contributed by atoms with Gasteiger partial charge in [-0.15, -0.1) is 0 Å². The van der Waals surface area contributed by atoms with E-state index in [-0.39, 0.29) is 48.4 Å². The van der Waals surface area contributed by atoms with E-state index in [4.69, 9.17) is 0 Å². The first kappa shape index (κ1) is 30.4. The van der Waals surface area contributed by atoms with Crippen LogP contribution in [0.15, 0.2) is 84.9 Å². The van der Waals surface area contributed by atoms with E-state index in [0.717, 1.165) is 32.4 Å². The minimum atomic E-state index is -1.08. The Balaban J connectivity index is 1.06. The van der Waals surface area contributed by atoms with Gasteiger partial charge in [-0.25, -0.2) is 0 Å². The van der Waals surface area contributed by atoms with Crippen LogP contribution in [0.25, 0.3) is 10.8 Å². The lowest BCUT2D eigenvalue weighted by molar-refractivity contribution is -0.136. The summed E-state index contributed by atoms with van der Waals surface area (Å²) in [6.07, 6.45) is 0.333. The van der Waals surface area contributed by atoms with E-state index in [1.165, 1.54) is 18.2 Å². The average Bonchev–Trinajstić information content (AvgIpc) is 3.28. The van der Waals surface area contributed by atoms with E-state index in [1.807, 2.05) is 80.6 Å². The van der Waals surface area contributed by atoms with Gasteiger partial charge in [0.1, 0.15) is 6.04 Å². The molecule has 2 heterocycles. The molecule has 1 fully saturated rings. The zero-order valence-electron chi connectivity index (χ0n) is 25.4. The maximum Gasteiger partial charge on any atom is 0.262 e. The van der Waals surface area contributed by atoms with Crippen LogP contribution in [0, 0.1) is 0 Å². The van der Waals surface area contributed by atoms with Crippen molar-refractivity contribution in [1.82, 2.24) is 20.9 Å². The maximum absolute atomic E-state index is 13.1. The van der Waals surface area contributed by atoms with E-state index in [0.29, 0.717) is 0 Å². The normalized spacial score (nSPS) is 16.3. The number of carbonyl (C=O) groups excluding carboxylic acids is 6. The molecule has 232 valence electrons. The number of imide groups is 2. The fraction of sp³-hybridized carbons (Fsp3) is 0.222. The molecular formula is C36H32N4O6. The highest BCUT2D eigenvalue weighted by Crippen LogP contribution is 2.29. The van der Waals surface area contributed by atoms with Crippen molar-refractivity contribution in [2.75, 3.05) is 0 Å². The van der Waals surface area contributed by atoms with Crippen LogP contribution in [-0.2, 0) is 32.9 Å². The van der Waals surface area contributed by atoms with Crippen molar-refractivity contribution < 1.29 is 28.8 Å². The lowest BCUT2D eigenvalue weighted by Crippen LogP contribution is -2.54. The number of piperidine rings is 1. The second-order valence-corrected chi connectivity index (χ2v) is 12.1. The Morgan fingerprint density at radius 3 is 2.35 bits per heavy atom. The molecule has 6 amide bonds. The Morgan fingerprint density at radius 2 is 1.59 bits per heavy atom. The lowest BCUT2D eigenvalue weighted by atomic mass is 9.92. The number of amides is 6. The van der Waals surface area contributed by atoms with Crippen molar-refractivity contribution in [3.05, 3.63) is 118 Å².